The maximum absolute atomic E-state index is 5.77. The summed E-state index contributed by atoms with van der Waals surface area (Å²) in [6, 6.07) is 7.00. The van der Waals surface area contributed by atoms with Gasteiger partial charge in [0.25, 0.3) is 0 Å². The smallest absolute Gasteiger partial charge is 0.120 e. The summed E-state index contributed by atoms with van der Waals surface area (Å²) >= 11 is 5.65. The van der Waals surface area contributed by atoms with Gasteiger partial charge >= 0.3 is 0 Å². The highest BCUT2D eigenvalue weighted by Crippen LogP contribution is 2.32. The Hall–Kier alpha value is -0.990. The number of halogens is 1. The summed E-state index contributed by atoms with van der Waals surface area (Å²) in [6.45, 7) is 5.82. The number of fused-ring (bicyclic) bond motifs is 1. The van der Waals surface area contributed by atoms with Crippen molar-refractivity contribution in [3.63, 3.8) is 0 Å². The number of aryl methyl sites for hydroxylation is 1. The Kier molecular flexibility index (Phi) is 5.93. The van der Waals surface area contributed by atoms with E-state index in [2.05, 4.69) is 30.4 Å². The van der Waals surface area contributed by atoms with E-state index in [1.165, 1.54) is 30.4 Å². The lowest BCUT2D eigenvalue weighted by molar-refractivity contribution is 0.351. The molecule has 110 valence electrons. The van der Waals surface area contributed by atoms with Gasteiger partial charge in [0.15, 0.2) is 0 Å². The Morgan fingerprint density at radius 1 is 1.50 bits per heavy atom. The zero-order valence-corrected chi connectivity index (χ0v) is 13.2. The van der Waals surface area contributed by atoms with Gasteiger partial charge in [-0.25, -0.2) is 0 Å². The van der Waals surface area contributed by atoms with Gasteiger partial charge in [-0.05, 0) is 68.0 Å². The average molecular weight is 294 g/mol. The molecule has 1 unspecified atom stereocenters. The monoisotopic (exact) mass is 293 g/mol. The van der Waals surface area contributed by atoms with Crippen LogP contribution in [0.15, 0.2) is 29.3 Å². The van der Waals surface area contributed by atoms with Gasteiger partial charge in [0, 0.05) is 11.6 Å². The molecule has 0 spiro atoms. The summed E-state index contributed by atoms with van der Waals surface area (Å²) in [6.07, 6.45) is 4.82. The number of nitrogens with one attached hydrogen (secondary N) is 1. The zero-order valence-electron chi connectivity index (χ0n) is 12.4. The summed E-state index contributed by atoms with van der Waals surface area (Å²) in [5.41, 5.74) is 5.48. The fourth-order valence-electron chi connectivity index (χ4n) is 2.64. The van der Waals surface area contributed by atoms with Crippen molar-refractivity contribution in [3.05, 3.63) is 40.4 Å². The Morgan fingerprint density at radius 2 is 2.35 bits per heavy atom. The first-order valence-electron chi connectivity index (χ1n) is 7.49. The molecule has 2 rings (SSSR count). The van der Waals surface area contributed by atoms with Crippen molar-refractivity contribution in [2.75, 3.05) is 13.2 Å². The summed E-state index contributed by atoms with van der Waals surface area (Å²) < 4.78 is 5.77. The third kappa shape index (κ3) is 4.00. The molecule has 0 amide bonds. The fourth-order valence-corrected chi connectivity index (χ4v) is 2.70. The van der Waals surface area contributed by atoms with Crippen LogP contribution < -0.4 is 10.1 Å². The maximum atomic E-state index is 5.77. The number of benzene rings is 1. The van der Waals surface area contributed by atoms with Gasteiger partial charge < -0.3 is 10.1 Å². The third-order valence-corrected chi connectivity index (χ3v) is 4.09. The predicted octanol–water partition coefficient (Wildman–Crippen LogP) is 4.59. The minimum Gasteiger partial charge on any atom is -0.489 e. The highest BCUT2D eigenvalue weighted by molar-refractivity contribution is 6.25. The van der Waals surface area contributed by atoms with E-state index in [0.717, 1.165) is 24.3 Å². The van der Waals surface area contributed by atoms with Crippen LogP contribution >= 0.6 is 11.6 Å². The third-order valence-electron chi connectivity index (χ3n) is 3.72. The van der Waals surface area contributed by atoms with E-state index >= 15 is 0 Å². The molecule has 0 saturated heterocycles. The van der Waals surface area contributed by atoms with Crippen molar-refractivity contribution in [1.29, 1.82) is 0 Å². The van der Waals surface area contributed by atoms with Crippen LogP contribution in [0.1, 0.15) is 50.3 Å². The van der Waals surface area contributed by atoms with Crippen LogP contribution in [-0.2, 0) is 6.42 Å². The van der Waals surface area contributed by atoms with Crippen molar-refractivity contribution in [2.45, 2.75) is 45.6 Å². The fraction of sp³-hybridized carbons (Fsp3) is 0.529. The zero-order chi connectivity index (χ0) is 14.4. The average Bonchev–Trinajstić information content (AvgIpc) is 2.50. The number of rotatable bonds is 6. The lowest BCUT2D eigenvalue weighted by Crippen LogP contribution is -2.25. The molecular weight excluding hydrogens is 270 g/mol. The molecule has 0 bridgehead atoms. The highest BCUT2D eigenvalue weighted by atomic mass is 35.5. The Bertz CT molecular complexity index is 470. The number of ether oxygens (including phenoxy) is 1. The van der Waals surface area contributed by atoms with Crippen LogP contribution in [0.3, 0.4) is 0 Å². The molecule has 2 nitrogen and oxygen atoms in total. The van der Waals surface area contributed by atoms with E-state index in [1.807, 2.05) is 6.92 Å². The van der Waals surface area contributed by atoms with Crippen LogP contribution in [-0.4, -0.2) is 13.2 Å². The lowest BCUT2D eigenvalue weighted by atomic mass is 9.87. The van der Waals surface area contributed by atoms with Crippen LogP contribution in [0.5, 0.6) is 5.75 Å². The molecule has 0 radical (unpaired) electrons. The van der Waals surface area contributed by atoms with Crippen LogP contribution in [0, 0.1) is 0 Å². The van der Waals surface area contributed by atoms with Crippen molar-refractivity contribution in [2.24, 2.45) is 0 Å². The van der Waals surface area contributed by atoms with Gasteiger partial charge in [-0.1, -0.05) is 24.6 Å². The topological polar surface area (TPSA) is 21.3 Å². The van der Waals surface area contributed by atoms with Crippen molar-refractivity contribution in [1.82, 2.24) is 5.32 Å². The molecule has 1 N–H and O–H groups in total. The summed E-state index contributed by atoms with van der Waals surface area (Å²) in [7, 11) is 0. The van der Waals surface area contributed by atoms with Gasteiger partial charge in [-0.3, -0.25) is 0 Å². The molecule has 1 aromatic carbocycles. The summed E-state index contributed by atoms with van der Waals surface area (Å²) in [5, 5.41) is 3.64. The predicted molar refractivity (Wildman–Crippen MR) is 85.5 cm³/mol. The molecule has 0 fully saturated rings. The SMILES string of the molecule is CCCNC1CCCc2cc(OC/C(C)=C/Cl)ccc21. The largest absolute Gasteiger partial charge is 0.489 e. The van der Waals surface area contributed by atoms with E-state index in [1.54, 1.807) is 5.54 Å². The van der Waals surface area contributed by atoms with Crippen molar-refractivity contribution in [3.8, 4) is 5.75 Å². The molecule has 0 aliphatic heterocycles. The second-order valence-corrected chi connectivity index (χ2v) is 5.72. The van der Waals surface area contributed by atoms with E-state index in [-0.39, 0.29) is 0 Å². The Labute approximate surface area is 127 Å². The normalized spacial score (nSPS) is 18.8. The van der Waals surface area contributed by atoms with Crippen LogP contribution in [0.25, 0.3) is 0 Å². The van der Waals surface area contributed by atoms with E-state index < -0.39 is 0 Å². The molecule has 0 aromatic heterocycles. The molecular formula is C17H24ClNO. The quantitative estimate of drug-likeness (QED) is 0.828. The van der Waals surface area contributed by atoms with E-state index in [9.17, 15) is 0 Å². The van der Waals surface area contributed by atoms with Crippen LogP contribution in [0.2, 0.25) is 0 Å². The first-order valence-corrected chi connectivity index (χ1v) is 7.93. The molecule has 1 aliphatic rings. The highest BCUT2D eigenvalue weighted by Gasteiger charge is 2.19. The molecule has 1 aliphatic carbocycles. The van der Waals surface area contributed by atoms with Gasteiger partial charge in [-0.15, -0.1) is 0 Å². The molecule has 0 saturated carbocycles. The maximum Gasteiger partial charge on any atom is 0.120 e. The summed E-state index contributed by atoms with van der Waals surface area (Å²) in [4.78, 5) is 0. The van der Waals surface area contributed by atoms with E-state index in [4.69, 9.17) is 16.3 Å². The first-order chi connectivity index (χ1) is 9.74. The van der Waals surface area contributed by atoms with Gasteiger partial charge in [0.05, 0.1) is 0 Å². The minimum atomic E-state index is 0.511. The second-order valence-electron chi connectivity index (χ2n) is 5.50. The van der Waals surface area contributed by atoms with Crippen molar-refractivity contribution < 1.29 is 4.74 Å². The minimum absolute atomic E-state index is 0.511. The number of hydrogen-bond acceptors (Lipinski definition) is 2. The standard InChI is InChI=1S/C17H24ClNO/c1-3-9-19-17-6-4-5-14-10-15(7-8-16(14)17)20-12-13(2)11-18/h7-8,10-11,17,19H,3-6,9,12H2,1-2H3/b13-11+. The molecule has 1 atom stereocenters. The van der Waals surface area contributed by atoms with Crippen LogP contribution in [0.4, 0.5) is 0 Å². The lowest BCUT2D eigenvalue weighted by Gasteiger charge is -2.27. The molecule has 0 heterocycles. The van der Waals surface area contributed by atoms with Gasteiger partial charge in [0.2, 0.25) is 0 Å². The van der Waals surface area contributed by atoms with Gasteiger partial charge in [0.1, 0.15) is 12.4 Å². The molecule has 3 heteroatoms. The summed E-state index contributed by atoms with van der Waals surface area (Å²) in [5.74, 6) is 0.942. The Balaban J connectivity index is 2.06. The molecule has 20 heavy (non-hydrogen) atoms. The molecule has 1 aromatic rings. The van der Waals surface area contributed by atoms with Gasteiger partial charge in [-0.2, -0.15) is 0 Å². The number of hydrogen-bond donors (Lipinski definition) is 1. The Morgan fingerprint density at radius 3 is 3.10 bits per heavy atom. The first kappa shape index (κ1) is 15.4. The van der Waals surface area contributed by atoms with E-state index in [0.29, 0.717) is 12.6 Å². The second kappa shape index (κ2) is 7.70. The van der Waals surface area contributed by atoms with Crippen molar-refractivity contribution >= 4 is 11.6 Å².